The van der Waals surface area contributed by atoms with Gasteiger partial charge in [-0.25, -0.2) is 15.0 Å². The minimum Gasteiger partial charge on any atom is -0.308 e. The number of hydrogen-bond acceptors (Lipinski definition) is 3. The molecule has 0 amide bonds. The minimum absolute atomic E-state index is 0.00771. The van der Waals surface area contributed by atoms with Crippen molar-refractivity contribution in [3.63, 3.8) is 0 Å². The van der Waals surface area contributed by atoms with E-state index in [-0.39, 0.29) is 27.6 Å². The smallest absolute Gasteiger partial charge is 0.166 e. The molecular formula is C51H34N4. The zero-order valence-electron chi connectivity index (χ0n) is 37.3. The van der Waals surface area contributed by atoms with Crippen LogP contribution in [0, 0.1) is 0 Å². The van der Waals surface area contributed by atoms with Crippen LogP contribution in [0.5, 0.6) is 0 Å². The Kier molecular flexibility index (Phi) is 6.23. The molecule has 10 rings (SSSR count). The molecule has 0 aliphatic heterocycles. The van der Waals surface area contributed by atoms with Crippen molar-refractivity contribution in [3.05, 3.63) is 206 Å². The molecule has 2 heterocycles. The molecule has 2 aromatic heterocycles. The molecular weight excluding hydrogens is 669 g/mol. The van der Waals surface area contributed by atoms with Gasteiger partial charge in [-0.2, -0.15) is 0 Å². The van der Waals surface area contributed by atoms with Crippen LogP contribution in [-0.4, -0.2) is 19.5 Å². The maximum atomic E-state index is 9.37. The highest BCUT2D eigenvalue weighted by Gasteiger charge is 2.22. The van der Waals surface area contributed by atoms with E-state index >= 15 is 0 Å². The Morgan fingerprint density at radius 3 is 1.24 bits per heavy atom. The molecule has 0 fully saturated rings. The third-order valence-electron chi connectivity index (χ3n) is 9.75. The summed E-state index contributed by atoms with van der Waals surface area (Å²) in [6.07, 6.45) is 0. The first-order valence-corrected chi connectivity index (χ1v) is 17.9. The van der Waals surface area contributed by atoms with Crippen molar-refractivity contribution in [1.29, 1.82) is 0 Å². The fourth-order valence-electron chi connectivity index (χ4n) is 7.10. The fourth-order valence-corrected chi connectivity index (χ4v) is 7.10. The second-order valence-electron chi connectivity index (χ2n) is 13.0. The SMILES string of the molecule is [2H]c1c([2H])c([2H])c2c(c1[2H])c1c([2H])c([2H])c([2H])c([2H])c1n2-c1c(-c2ccc(-c3ccccc3)cc2)cccc1-c1nc(-c2ccccc2)nc(-c2ccc(-c3ccccc3)cc2)n1. The Labute approximate surface area is 331 Å². The van der Waals surface area contributed by atoms with Crippen LogP contribution >= 0.6 is 0 Å². The van der Waals surface area contributed by atoms with Gasteiger partial charge in [-0.05, 0) is 46.0 Å². The normalized spacial score (nSPS) is 13.3. The number of rotatable bonds is 7. The van der Waals surface area contributed by atoms with E-state index in [1.165, 1.54) is 0 Å². The monoisotopic (exact) mass is 710 g/mol. The molecule has 0 saturated heterocycles. The highest BCUT2D eigenvalue weighted by Crippen LogP contribution is 2.41. The zero-order chi connectivity index (χ0) is 43.5. The molecule has 0 atom stereocenters. The van der Waals surface area contributed by atoms with Gasteiger partial charge in [-0.1, -0.05) is 188 Å². The highest BCUT2D eigenvalue weighted by molar-refractivity contribution is 6.10. The van der Waals surface area contributed by atoms with Crippen molar-refractivity contribution in [2.75, 3.05) is 0 Å². The maximum Gasteiger partial charge on any atom is 0.166 e. The van der Waals surface area contributed by atoms with Crippen LogP contribution in [0.3, 0.4) is 0 Å². The second kappa shape index (κ2) is 13.8. The van der Waals surface area contributed by atoms with Crippen molar-refractivity contribution in [2.24, 2.45) is 0 Å². The van der Waals surface area contributed by atoms with Gasteiger partial charge < -0.3 is 4.57 Å². The predicted octanol–water partition coefficient (Wildman–Crippen LogP) is 13.0. The van der Waals surface area contributed by atoms with Crippen LogP contribution in [0.4, 0.5) is 0 Å². The quantitative estimate of drug-likeness (QED) is 0.165. The van der Waals surface area contributed by atoms with E-state index in [1.54, 1.807) is 4.57 Å². The number of para-hydroxylation sites is 3. The summed E-state index contributed by atoms with van der Waals surface area (Å²) in [5, 5.41) is -0.0500. The molecule has 0 bridgehead atoms. The Bertz CT molecular complexity index is 3320. The van der Waals surface area contributed by atoms with E-state index in [2.05, 4.69) is 0 Å². The van der Waals surface area contributed by atoms with Gasteiger partial charge in [0.1, 0.15) is 0 Å². The van der Waals surface area contributed by atoms with Crippen LogP contribution in [0.1, 0.15) is 11.0 Å². The molecule has 0 aliphatic rings. The Morgan fingerprint density at radius 2 is 0.709 bits per heavy atom. The van der Waals surface area contributed by atoms with Crippen LogP contribution in [0.2, 0.25) is 0 Å². The van der Waals surface area contributed by atoms with Gasteiger partial charge >= 0.3 is 0 Å². The molecule has 0 aliphatic carbocycles. The topological polar surface area (TPSA) is 43.6 Å². The van der Waals surface area contributed by atoms with E-state index < -0.39 is 48.3 Å². The summed E-state index contributed by atoms with van der Waals surface area (Å²) in [6.45, 7) is 0. The molecule has 0 unspecified atom stereocenters. The van der Waals surface area contributed by atoms with Crippen molar-refractivity contribution >= 4 is 21.8 Å². The van der Waals surface area contributed by atoms with Gasteiger partial charge in [-0.15, -0.1) is 0 Å². The lowest BCUT2D eigenvalue weighted by molar-refractivity contribution is 1.06. The molecule has 4 heteroatoms. The molecule has 0 N–H and O–H groups in total. The van der Waals surface area contributed by atoms with Crippen LogP contribution in [-0.2, 0) is 0 Å². The molecule has 0 radical (unpaired) electrons. The van der Waals surface area contributed by atoms with E-state index in [4.69, 9.17) is 23.2 Å². The third kappa shape index (κ3) is 5.96. The van der Waals surface area contributed by atoms with Gasteiger partial charge in [0.25, 0.3) is 0 Å². The van der Waals surface area contributed by atoms with Crippen LogP contribution in [0.15, 0.2) is 206 Å². The Morgan fingerprint density at radius 1 is 0.327 bits per heavy atom. The lowest BCUT2D eigenvalue weighted by Gasteiger charge is -2.19. The first-order valence-electron chi connectivity index (χ1n) is 21.9. The van der Waals surface area contributed by atoms with Gasteiger partial charge in [0.2, 0.25) is 0 Å². The number of hydrogen-bond donors (Lipinski definition) is 0. The average Bonchev–Trinajstić information content (AvgIpc) is 3.70. The molecule has 0 spiro atoms. The zero-order valence-corrected chi connectivity index (χ0v) is 29.3. The standard InChI is InChI=1S/C51H34N4/c1-4-15-35(16-5-1)37-27-31-39(32-28-37)42-23-14-24-45(48(42)55-46-25-12-10-21-43(46)44-22-11-13-26-47(44)55)51-53-49(40-19-8-3-9-20-40)52-50(54-51)41-33-29-38(30-34-41)36-17-6-2-7-18-36/h1-34H/i10D,11D,12D,13D,21D,22D,25D,26D. The predicted molar refractivity (Wildman–Crippen MR) is 227 cm³/mol. The lowest BCUT2D eigenvalue weighted by Crippen LogP contribution is -2.05. The van der Waals surface area contributed by atoms with Crippen molar-refractivity contribution < 1.29 is 11.0 Å². The first kappa shape index (κ1) is 24.7. The van der Waals surface area contributed by atoms with Gasteiger partial charge in [0.05, 0.1) is 27.7 Å². The summed E-state index contributed by atoms with van der Waals surface area (Å²) in [5.41, 5.74) is 7.65. The molecule has 8 aromatic carbocycles. The number of fused-ring (bicyclic) bond motifs is 3. The first-order chi connectivity index (χ1) is 30.6. The summed E-state index contributed by atoms with van der Waals surface area (Å²) in [4.78, 5) is 15.2. The summed E-state index contributed by atoms with van der Waals surface area (Å²) >= 11 is 0. The van der Waals surface area contributed by atoms with E-state index in [0.29, 0.717) is 28.5 Å². The molecule has 4 nitrogen and oxygen atoms in total. The highest BCUT2D eigenvalue weighted by atomic mass is 15.1. The van der Waals surface area contributed by atoms with Crippen molar-refractivity contribution in [1.82, 2.24) is 19.5 Å². The van der Waals surface area contributed by atoms with E-state index in [0.717, 1.165) is 38.9 Å². The molecule has 55 heavy (non-hydrogen) atoms. The summed E-state index contributed by atoms with van der Waals surface area (Å²) in [6, 6.07) is 47.3. The van der Waals surface area contributed by atoms with Gasteiger partial charge in [0.15, 0.2) is 17.5 Å². The third-order valence-corrected chi connectivity index (χ3v) is 9.75. The number of nitrogens with zero attached hydrogens (tertiary/aromatic N) is 4. The second-order valence-corrected chi connectivity index (χ2v) is 13.0. The van der Waals surface area contributed by atoms with Gasteiger partial charge in [0, 0.05) is 33.0 Å². The summed E-state index contributed by atoms with van der Waals surface area (Å²) in [7, 11) is 0. The Balaban J connectivity index is 1.32. The van der Waals surface area contributed by atoms with E-state index in [9.17, 15) is 2.74 Å². The minimum atomic E-state index is -0.517. The Hall–Kier alpha value is -7.43. The molecule has 10 aromatic rings. The average molecular weight is 711 g/mol. The summed E-state index contributed by atoms with van der Waals surface area (Å²) in [5.74, 6) is 1.01. The fraction of sp³-hybridized carbons (Fsp3) is 0. The lowest BCUT2D eigenvalue weighted by atomic mass is 9.96. The largest absolute Gasteiger partial charge is 0.308 e. The van der Waals surface area contributed by atoms with Crippen molar-refractivity contribution in [3.8, 4) is 73.2 Å². The number of aromatic nitrogens is 4. The molecule has 258 valence electrons. The number of benzene rings is 8. The van der Waals surface area contributed by atoms with Gasteiger partial charge in [-0.3, -0.25) is 0 Å². The van der Waals surface area contributed by atoms with Crippen molar-refractivity contribution in [2.45, 2.75) is 0 Å². The van der Waals surface area contributed by atoms with Crippen LogP contribution in [0.25, 0.3) is 95.0 Å². The van der Waals surface area contributed by atoms with Crippen LogP contribution < -0.4 is 0 Å². The van der Waals surface area contributed by atoms with E-state index in [1.807, 2.05) is 158 Å². The summed E-state index contributed by atoms with van der Waals surface area (Å²) < 4.78 is 73.6. The maximum absolute atomic E-state index is 9.37. The molecule has 0 saturated carbocycles.